The summed E-state index contributed by atoms with van der Waals surface area (Å²) < 4.78 is 17.7. The van der Waals surface area contributed by atoms with Crippen molar-refractivity contribution < 1.29 is 9.18 Å². The van der Waals surface area contributed by atoms with Crippen LogP contribution >= 0.6 is 0 Å². The molecule has 132 valence electrons. The van der Waals surface area contributed by atoms with Crippen LogP contribution in [-0.4, -0.2) is 49.1 Å². The van der Waals surface area contributed by atoms with Crippen molar-refractivity contribution >= 4 is 11.6 Å². The number of nitrogens with zero attached hydrogens (tertiary/aromatic N) is 6. The van der Waals surface area contributed by atoms with Gasteiger partial charge in [-0.15, -0.1) is 0 Å². The number of amides is 1. The molecule has 8 nitrogen and oxygen atoms in total. The van der Waals surface area contributed by atoms with Crippen LogP contribution in [0.2, 0.25) is 0 Å². The Hall–Kier alpha value is -3.41. The molecule has 0 saturated carbocycles. The SMILES string of the molecule is Cn1cc(-c2ccc3nc(C(=O)N[C@@H]4CCN(C#N)C4)c(F)n3c2)cn1. The van der Waals surface area contributed by atoms with Crippen molar-refractivity contribution in [2.45, 2.75) is 12.5 Å². The van der Waals surface area contributed by atoms with Gasteiger partial charge in [-0.2, -0.15) is 14.8 Å². The van der Waals surface area contributed by atoms with Crippen molar-refractivity contribution in [3.05, 3.63) is 42.4 Å². The Balaban J connectivity index is 1.61. The zero-order chi connectivity index (χ0) is 18.3. The van der Waals surface area contributed by atoms with Crippen LogP contribution in [-0.2, 0) is 7.05 Å². The topological polar surface area (TPSA) is 91.2 Å². The molecule has 4 rings (SSSR count). The van der Waals surface area contributed by atoms with Gasteiger partial charge in [-0.25, -0.2) is 4.98 Å². The lowest BCUT2D eigenvalue weighted by molar-refractivity contribution is 0.0929. The zero-order valence-electron chi connectivity index (χ0n) is 14.1. The number of likely N-dealkylation sites (tertiary alicyclic amines) is 1. The maximum absolute atomic E-state index is 14.8. The molecule has 0 aliphatic carbocycles. The van der Waals surface area contributed by atoms with Crippen molar-refractivity contribution in [2.24, 2.45) is 7.05 Å². The van der Waals surface area contributed by atoms with Gasteiger partial charge in [-0.1, -0.05) is 0 Å². The molecule has 0 unspecified atom stereocenters. The van der Waals surface area contributed by atoms with Gasteiger partial charge in [0.1, 0.15) is 5.65 Å². The summed E-state index contributed by atoms with van der Waals surface area (Å²) in [5, 5.41) is 15.7. The van der Waals surface area contributed by atoms with E-state index in [1.165, 1.54) is 4.40 Å². The molecular formula is C17H16FN7O. The van der Waals surface area contributed by atoms with Crippen LogP contribution in [0.3, 0.4) is 0 Å². The number of fused-ring (bicyclic) bond motifs is 1. The van der Waals surface area contributed by atoms with E-state index in [9.17, 15) is 9.18 Å². The summed E-state index contributed by atoms with van der Waals surface area (Å²) >= 11 is 0. The number of hydrogen-bond acceptors (Lipinski definition) is 5. The molecule has 9 heteroatoms. The Morgan fingerprint density at radius 3 is 2.92 bits per heavy atom. The third-order valence-corrected chi connectivity index (χ3v) is 4.48. The van der Waals surface area contributed by atoms with E-state index in [4.69, 9.17) is 5.26 Å². The summed E-state index contributed by atoms with van der Waals surface area (Å²) in [5.74, 6) is -1.28. The Kier molecular flexibility index (Phi) is 3.80. The standard InChI is InChI=1S/C17H16FN7O/c1-23-7-12(6-20-23)11-2-3-14-22-15(16(18)25(14)8-11)17(26)21-13-4-5-24(9-13)10-19/h2-3,6-8,13H,4-5,9H2,1H3,(H,21,26)/t13-/m1/s1. The third-order valence-electron chi connectivity index (χ3n) is 4.48. The number of nitrogens with one attached hydrogen (secondary N) is 1. The minimum absolute atomic E-state index is 0.183. The second-order valence-corrected chi connectivity index (χ2v) is 6.30. The average Bonchev–Trinajstić information content (AvgIpc) is 3.34. The van der Waals surface area contributed by atoms with Crippen molar-refractivity contribution in [3.8, 4) is 17.3 Å². The van der Waals surface area contributed by atoms with Gasteiger partial charge >= 0.3 is 0 Å². The van der Waals surface area contributed by atoms with Gasteiger partial charge < -0.3 is 10.2 Å². The van der Waals surface area contributed by atoms with Gasteiger partial charge in [0.05, 0.1) is 6.20 Å². The number of pyridine rings is 1. The second kappa shape index (κ2) is 6.15. The summed E-state index contributed by atoms with van der Waals surface area (Å²) in [6.45, 7) is 1.02. The number of hydrogen-bond donors (Lipinski definition) is 1. The molecule has 4 heterocycles. The molecule has 1 amide bonds. The predicted molar refractivity (Wildman–Crippen MR) is 90.4 cm³/mol. The van der Waals surface area contributed by atoms with Crippen molar-refractivity contribution in [2.75, 3.05) is 13.1 Å². The quantitative estimate of drug-likeness (QED) is 0.714. The minimum atomic E-state index is -0.710. The molecule has 26 heavy (non-hydrogen) atoms. The number of carbonyl (C=O) groups is 1. The van der Waals surface area contributed by atoms with E-state index in [2.05, 4.69) is 15.4 Å². The number of carbonyl (C=O) groups excluding carboxylic acids is 1. The van der Waals surface area contributed by atoms with Crippen LogP contribution in [0.25, 0.3) is 16.8 Å². The highest BCUT2D eigenvalue weighted by Crippen LogP contribution is 2.21. The number of rotatable bonds is 3. The molecule has 3 aromatic heterocycles. The molecule has 0 spiro atoms. The summed E-state index contributed by atoms with van der Waals surface area (Å²) in [4.78, 5) is 18.1. The molecule has 1 atom stereocenters. The van der Waals surface area contributed by atoms with E-state index in [1.807, 2.05) is 18.5 Å². The molecule has 1 aliphatic rings. The lowest BCUT2D eigenvalue weighted by Gasteiger charge is -2.10. The molecule has 0 aromatic carbocycles. The van der Waals surface area contributed by atoms with Crippen LogP contribution in [0, 0.1) is 17.4 Å². The van der Waals surface area contributed by atoms with Crippen LogP contribution in [0.5, 0.6) is 0 Å². The highest BCUT2D eigenvalue weighted by Gasteiger charge is 2.26. The number of halogens is 1. The second-order valence-electron chi connectivity index (χ2n) is 6.30. The highest BCUT2D eigenvalue weighted by atomic mass is 19.1. The Bertz CT molecular complexity index is 1030. The third kappa shape index (κ3) is 2.75. The average molecular weight is 353 g/mol. The minimum Gasteiger partial charge on any atom is -0.346 e. The van der Waals surface area contributed by atoms with E-state index >= 15 is 0 Å². The van der Waals surface area contributed by atoms with E-state index < -0.39 is 11.9 Å². The van der Waals surface area contributed by atoms with Crippen LogP contribution in [0.4, 0.5) is 4.39 Å². The fourth-order valence-electron chi connectivity index (χ4n) is 3.12. The Morgan fingerprint density at radius 2 is 2.23 bits per heavy atom. The van der Waals surface area contributed by atoms with Crippen molar-refractivity contribution in [3.63, 3.8) is 0 Å². The van der Waals surface area contributed by atoms with Crippen molar-refractivity contribution in [1.82, 2.24) is 29.4 Å². The van der Waals surface area contributed by atoms with Gasteiger partial charge in [0, 0.05) is 49.7 Å². The van der Waals surface area contributed by atoms with Crippen molar-refractivity contribution in [1.29, 1.82) is 5.26 Å². The summed E-state index contributed by atoms with van der Waals surface area (Å²) in [5.41, 5.74) is 1.72. The van der Waals surface area contributed by atoms with Crippen LogP contribution < -0.4 is 5.32 Å². The van der Waals surface area contributed by atoms with Crippen LogP contribution in [0.15, 0.2) is 30.7 Å². The Labute approximate surface area is 148 Å². The maximum atomic E-state index is 14.8. The van der Waals surface area contributed by atoms with E-state index in [0.717, 1.165) is 11.1 Å². The molecule has 1 fully saturated rings. The van der Waals surface area contributed by atoms with Crippen LogP contribution in [0.1, 0.15) is 16.9 Å². The molecule has 3 aromatic rings. The smallest absolute Gasteiger partial charge is 0.274 e. The fraction of sp³-hybridized carbons (Fsp3) is 0.294. The number of nitriles is 1. The molecule has 1 N–H and O–H groups in total. The summed E-state index contributed by atoms with van der Waals surface area (Å²) in [6, 6.07) is 3.29. The monoisotopic (exact) mass is 353 g/mol. The number of imidazole rings is 1. The van der Waals surface area contributed by atoms with Gasteiger partial charge in [0.15, 0.2) is 11.9 Å². The predicted octanol–water partition coefficient (Wildman–Crippen LogP) is 1.16. The highest BCUT2D eigenvalue weighted by molar-refractivity contribution is 5.93. The normalized spacial score (nSPS) is 16.8. The van der Waals surface area contributed by atoms with E-state index in [-0.39, 0.29) is 11.7 Å². The lowest BCUT2D eigenvalue weighted by atomic mass is 10.2. The number of aromatic nitrogens is 4. The first-order chi connectivity index (χ1) is 12.5. The van der Waals surface area contributed by atoms with Gasteiger partial charge in [-0.05, 0) is 18.6 Å². The first-order valence-corrected chi connectivity index (χ1v) is 8.17. The Morgan fingerprint density at radius 1 is 1.38 bits per heavy atom. The first-order valence-electron chi connectivity index (χ1n) is 8.17. The largest absolute Gasteiger partial charge is 0.346 e. The molecular weight excluding hydrogens is 337 g/mol. The number of aryl methyl sites for hydroxylation is 1. The van der Waals surface area contributed by atoms with Gasteiger partial charge in [-0.3, -0.25) is 13.9 Å². The zero-order valence-corrected chi connectivity index (χ0v) is 14.1. The lowest BCUT2D eigenvalue weighted by Crippen LogP contribution is -2.37. The van der Waals surface area contributed by atoms with Gasteiger partial charge in [0.25, 0.3) is 5.91 Å². The molecule has 0 bridgehead atoms. The maximum Gasteiger partial charge on any atom is 0.274 e. The molecule has 1 saturated heterocycles. The first kappa shape index (κ1) is 16.1. The molecule has 0 radical (unpaired) electrons. The fourth-order valence-corrected chi connectivity index (χ4v) is 3.12. The van der Waals surface area contributed by atoms with E-state index in [0.29, 0.717) is 25.2 Å². The summed E-state index contributed by atoms with van der Waals surface area (Å²) in [6.07, 6.45) is 7.80. The van der Waals surface area contributed by atoms with E-state index in [1.54, 1.807) is 35.1 Å². The van der Waals surface area contributed by atoms with Gasteiger partial charge in [0.2, 0.25) is 5.95 Å². The summed E-state index contributed by atoms with van der Waals surface area (Å²) in [7, 11) is 1.80. The molecule has 1 aliphatic heterocycles.